The number of hydrogen-bond donors (Lipinski definition) is 1. The Morgan fingerprint density at radius 1 is 0.885 bits per heavy atom. The summed E-state index contributed by atoms with van der Waals surface area (Å²) < 4.78 is 0.979. The number of carbonyl (C=O) groups is 1. The minimum Gasteiger partial charge on any atom is -0.322 e. The summed E-state index contributed by atoms with van der Waals surface area (Å²) >= 11 is 2.21. The third-order valence-corrected chi connectivity index (χ3v) is 7.85. The number of nitrogens with one attached hydrogen (secondary N) is 1. The van der Waals surface area contributed by atoms with Crippen molar-refractivity contribution in [3.05, 3.63) is 63.2 Å². The third kappa shape index (κ3) is 2.88. The van der Waals surface area contributed by atoms with Gasteiger partial charge in [-0.05, 0) is 114 Å². The summed E-state index contributed by atoms with van der Waals surface area (Å²) in [4.78, 5) is 12.5. The van der Waals surface area contributed by atoms with E-state index in [1.165, 1.54) is 44.1 Å². The van der Waals surface area contributed by atoms with E-state index in [9.17, 15) is 4.79 Å². The second-order valence-corrected chi connectivity index (χ2v) is 9.87. The van der Waals surface area contributed by atoms with E-state index in [2.05, 4.69) is 52.2 Å². The standard InChI is InChI=1S/C23H24INO/c24-21-4-2-1-3-20(21)22(26)25-19-7-5-18(6-8-19)23-12-15-9-16(13-23)11-17(10-15)14-23/h1-8,15-17H,9-14H2,(H,25,26). The maximum atomic E-state index is 12.5. The van der Waals surface area contributed by atoms with Crippen molar-refractivity contribution in [1.82, 2.24) is 0 Å². The van der Waals surface area contributed by atoms with Crippen LogP contribution in [-0.2, 0) is 5.41 Å². The van der Waals surface area contributed by atoms with Crippen molar-refractivity contribution in [2.45, 2.75) is 43.9 Å². The van der Waals surface area contributed by atoms with Crippen molar-refractivity contribution < 1.29 is 4.79 Å². The molecule has 4 saturated carbocycles. The van der Waals surface area contributed by atoms with Crippen LogP contribution in [0.25, 0.3) is 0 Å². The predicted molar refractivity (Wildman–Crippen MR) is 113 cm³/mol. The van der Waals surface area contributed by atoms with Crippen LogP contribution in [-0.4, -0.2) is 5.91 Å². The molecule has 4 fully saturated rings. The van der Waals surface area contributed by atoms with E-state index >= 15 is 0 Å². The van der Waals surface area contributed by atoms with Gasteiger partial charge < -0.3 is 5.32 Å². The molecule has 1 amide bonds. The summed E-state index contributed by atoms with van der Waals surface area (Å²) in [5.74, 6) is 2.85. The predicted octanol–water partition coefficient (Wildman–Crippen LogP) is 6.01. The summed E-state index contributed by atoms with van der Waals surface area (Å²) in [7, 11) is 0. The minimum atomic E-state index is -0.0300. The van der Waals surface area contributed by atoms with E-state index in [-0.39, 0.29) is 5.91 Å². The van der Waals surface area contributed by atoms with Gasteiger partial charge in [0.2, 0.25) is 0 Å². The fourth-order valence-electron chi connectivity index (χ4n) is 6.22. The maximum Gasteiger partial charge on any atom is 0.256 e. The molecular formula is C23H24INO. The van der Waals surface area contributed by atoms with Crippen molar-refractivity contribution >= 4 is 34.2 Å². The Hall–Kier alpha value is -1.36. The molecule has 4 aliphatic rings. The van der Waals surface area contributed by atoms with Crippen molar-refractivity contribution in [1.29, 1.82) is 0 Å². The Morgan fingerprint density at radius 3 is 2.04 bits per heavy atom. The first-order valence-corrected chi connectivity index (χ1v) is 10.9. The molecule has 2 aromatic carbocycles. The van der Waals surface area contributed by atoms with E-state index in [0.29, 0.717) is 5.41 Å². The monoisotopic (exact) mass is 457 g/mol. The van der Waals surface area contributed by atoms with Crippen LogP contribution in [0.4, 0.5) is 5.69 Å². The molecule has 0 aliphatic heterocycles. The molecule has 4 bridgehead atoms. The number of amides is 1. The molecule has 4 aliphatic carbocycles. The number of benzene rings is 2. The van der Waals surface area contributed by atoms with Crippen LogP contribution in [0.2, 0.25) is 0 Å². The number of halogens is 1. The zero-order valence-corrected chi connectivity index (χ0v) is 17.0. The van der Waals surface area contributed by atoms with E-state index in [4.69, 9.17) is 0 Å². The highest BCUT2D eigenvalue weighted by Gasteiger charge is 2.51. The highest BCUT2D eigenvalue weighted by atomic mass is 127. The van der Waals surface area contributed by atoms with Gasteiger partial charge >= 0.3 is 0 Å². The highest BCUT2D eigenvalue weighted by molar-refractivity contribution is 14.1. The van der Waals surface area contributed by atoms with Gasteiger partial charge in [-0.1, -0.05) is 24.3 Å². The average molecular weight is 457 g/mol. The van der Waals surface area contributed by atoms with Crippen LogP contribution in [0.15, 0.2) is 48.5 Å². The molecule has 134 valence electrons. The Morgan fingerprint density at radius 2 is 1.46 bits per heavy atom. The van der Waals surface area contributed by atoms with Crippen molar-refractivity contribution in [2.24, 2.45) is 17.8 Å². The van der Waals surface area contributed by atoms with Crippen LogP contribution < -0.4 is 5.32 Å². The molecule has 26 heavy (non-hydrogen) atoms. The maximum absolute atomic E-state index is 12.5. The average Bonchev–Trinajstić information content (AvgIpc) is 2.61. The molecule has 0 saturated heterocycles. The minimum absolute atomic E-state index is 0.0300. The first-order valence-electron chi connectivity index (χ1n) is 9.78. The Balaban J connectivity index is 1.35. The van der Waals surface area contributed by atoms with Crippen LogP contribution in [0, 0.1) is 21.3 Å². The summed E-state index contributed by atoms with van der Waals surface area (Å²) in [6.07, 6.45) is 8.57. The van der Waals surface area contributed by atoms with Gasteiger partial charge in [0.15, 0.2) is 0 Å². The first kappa shape index (κ1) is 16.8. The van der Waals surface area contributed by atoms with Crippen LogP contribution >= 0.6 is 22.6 Å². The summed E-state index contributed by atoms with van der Waals surface area (Å²) in [5.41, 5.74) is 3.55. The Labute approximate surface area is 168 Å². The van der Waals surface area contributed by atoms with Gasteiger partial charge in [0, 0.05) is 9.26 Å². The zero-order valence-electron chi connectivity index (χ0n) is 14.9. The zero-order chi connectivity index (χ0) is 17.7. The summed E-state index contributed by atoms with van der Waals surface area (Å²) in [6, 6.07) is 16.5. The van der Waals surface area contributed by atoms with Gasteiger partial charge in [-0.15, -0.1) is 0 Å². The van der Waals surface area contributed by atoms with Gasteiger partial charge in [0.25, 0.3) is 5.91 Å². The molecule has 2 nitrogen and oxygen atoms in total. The second kappa shape index (κ2) is 6.36. The Bertz CT molecular complexity index is 806. The third-order valence-electron chi connectivity index (χ3n) is 6.91. The number of carbonyl (C=O) groups excluding carboxylic acids is 1. The van der Waals surface area contributed by atoms with Crippen LogP contribution in [0.1, 0.15) is 54.4 Å². The van der Waals surface area contributed by atoms with Gasteiger partial charge in [0.1, 0.15) is 0 Å². The molecule has 6 rings (SSSR count). The molecule has 0 spiro atoms. The molecule has 0 aromatic heterocycles. The van der Waals surface area contributed by atoms with E-state index in [1.807, 2.05) is 24.3 Å². The lowest BCUT2D eigenvalue weighted by atomic mass is 9.48. The molecule has 0 unspecified atom stereocenters. The van der Waals surface area contributed by atoms with Crippen molar-refractivity contribution in [3.8, 4) is 0 Å². The van der Waals surface area contributed by atoms with Crippen LogP contribution in [0.3, 0.4) is 0 Å². The van der Waals surface area contributed by atoms with Gasteiger partial charge in [0.05, 0.1) is 5.56 Å². The Kier molecular flexibility index (Phi) is 4.11. The lowest BCUT2D eigenvalue weighted by molar-refractivity contribution is -0.00518. The molecule has 0 atom stereocenters. The van der Waals surface area contributed by atoms with E-state index in [0.717, 1.165) is 32.6 Å². The lowest BCUT2D eigenvalue weighted by Gasteiger charge is -2.57. The molecule has 3 heteroatoms. The van der Waals surface area contributed by atoms with Gasteiger partial charge in [-0.3, -0.25) is 4.79 Å². The molecular weight excluding hydrogens is 433 g/mol. The number of anilines is 1. The topological polar surface area (TPSA) is 29.1 Å². The quantitative estimate of drug-likeness (QED) is 0.562. The fraction of sp³-hybridized carbons (Fsp3) is 0.435. The largest absolute Gasteiger partial charge is 0.322 e. The SMILES string of the molecule is O=C(Nc1ccc(C23CC4CC(CC(C4)C2)C3)cc1)c1ccccc1I. The highest BCUT2D eigenvalue weighted by Crippen LogP contribution is 2.60. The van der Waals surface area contributed by atoms with Crippen molar-refractivity contribution in [3.63, 3.8) is 0 Å². The first-order chi connectivity index (χ1) is 12.6. The van der Waals surface area contributed by atoms with E-state index in [1.54, 1.807) is 0 Å². The molecule has 0 heterocycles. The smallest absolute Gasteiger partial charge is 0.256 e. The normalized spacial score (nSPS) is 31.8. The number of rotatable bonds is 3. The van der Waals surface area contributed by atoms with Gasteiger partial charge in [-0.2, -0.15) is 0 Å². The lowest BCUT2D eigenvalue weighted by Crippen LogP contribution is -2.48. The number of hydrogen-bond acceptors (Lipinski definition) is 1. The molecule has 2 aromatic rings. The van der Waals surface area contributed by atoms with Crippen LogP contribution in [0.5, 0.6) is 0 Å². The second-order valence-electron chi connectivity index (χ2n) is 8.71. The van der Waals surface area contributed by atoms with Crippen molar-refractivity contribution in [2.75, 3.05) is 5.32 Å². The van der Waals surface area contributed by atoms with E-state index < -0.39 is 0 Å². The molecule has 0 radical (unpaired) electrons. The van der Waals surface area contributed by atoms with Gasteiger partial charge in [-0.25, -0.2) is 0 Å². The fourth-order valence-corrected chi connectivity index (χ4v) is 6.85. The summed E-state index contributed by atoms with van der Waals surface area (Å²) in [6.45, 7) is 0. The molecule has 1 N–H and O–H groups in total. The summed E-state index contributed by atoms with van der Waals surface area (Å²) in [5, 5.41) is 3.06.